The minimum absolute atomic E-state index is 0.107. The van der Waals surface area contributed by atoms with Crippen LogP contribution in [0, 0.1) is 12.7 Å². The van der Waals surface area contributed by atoms with Crippen molar-refractivity contribution in [3.63, 3.8) is 0 Å². The highest BCUT2D eigenvalue weighted by atomic mass is 35.5. The first-order valence-electron chi connectivity index (χ1n) is 10.4. The van der Waals surface area contributed by atoms with E-state index in [1.807, 2.05) is 4.90 Å². The third-order valence-corrected chi connectivity index (χ3v) is 5.80. The summed E-state index contributed by atoms with van der Waals surface area (Å²) in [4.78, 5) is 26.3. The highest BCUT2D eigenvalue weighted by Crippen LogP contribution is 2.32. The van der Waals surface area contributed by atoms with Gasteiger partial charge in [-0.05, 0) is 25.1 Å². The number of nitrogens with one attached hydrogen (secondary N) is 1. The topological polar surface area (TPSA) is 88.9 Å². The normalized spacial score (nSPS) is 16.5. The van der Waals surface area contributed by atoms with E-state index in [-0.39, 0.29) is 28.2 Å². The molecular weight excluding hydrogens is 473 g/mol. The molecule has 1 aliphatic rings. The Morgan fingerprint density at radius 2 is 2.09 bits per heavy atom. The van der Waals surface area contributed by atoms with Gasteiger partial charge in [0.25, 0.3) is 5.56 Å². The van der Waals surface area contributed by atoms with Crippen LogP contribution >= 0.6 is 11.6 Å². The van der Waals surface area contributed by atoms with Gasteiger partial charge in [-0.1, -0.05) is 11.6 Å². The minimum atomic E-state index is -2.75. The number of aromatic nitrogens is 5. The zero-order valence-electron chi connectivity index (χ0n) is 17.8. The average Bonchev–Trinajstić information content (AvgIpc) is 3.29. The number of anilines is 1. The number of hydrogen-bond donors (Lipinski definition) is 1. The lowest BCUT2D eigenvalue weighted by atomic mass is 10.1. The molecule has 5 rings (SSSR count). The van der Waals surface area contributed by atoms with Crippen molar-refractivity contribution < 1.29 is 17.9 Å². The van der Waals surface area contributed by atoms with Gasteiger partial charge >= 0.3 is 6.55 Å². The molecule has 0 spiro atoms. The molecule has 4 aromatic rings. The number of rotatable bonds is 4. The van der Waals surface area contributed by atoms with E-state index in [9.17, 15) is 18.0 Å². The summed E-state index contributed by atoms with van der Waals surface area (Å²) >= 11 is 5.91. The van der Waals surface area contributed by atoms with Gasteiger partial charge in [-0.25, -0.2) is 19.0 Å². The maximum atomic E-state index is 14.8. The van der Waals surface area contributed by atoms with Crippen LogP contribution in [0.5, 0.6) is 0 Å². The first-order valence-corrected chi connectivity index (χ1v) is 10.7. The number of fused-ring (bicyclic) bond motifs is 1. The molecule has 12 heteroatoms. The summed E-state index contributed by atoms with van der Waals surface area (Å²) in [5.74, 6) is 0.220. The number of H-pyrrole nitrogens is 1. The number of benzene rings is 1. The summed E-state index contributed by atoms with van der Waals surface area (Å²) in [7, 11) is 0. The van der Waals surface area contributed by atoms with Crippen molar-refractivity contribution in [3.05, 3.63) is 69.2 Å². The number of aromatic amines is 1. The molecule has 0 amide bonds. The summed E-state index contributed by atoms with van der Waals surface area (Å²) in [6.45, 7) is -0.0632. The molecule has 1 saturated heterocycles. The van der Waals surface area contributed by atoms with Gasteiger partial charge < -0.3 is 14.6 Å². The molecule has 3 aromatic heterocycles. The van der Waals surface area contributed by atoms with Crippen LogP contribution in [0.3, 0.4) is 0 Å². The molecule has 1 aliphatic heterocycles. The number of morpholine rings is 1. The minimum Gasteiger partial charge on any atom is -0.370 e. The number of aryl methyl sites for hydroxylation is 1. The van der Waals surface area contributed by atoms with Gasteiger partial charge in [-0.2, -0.15) is 13.9 Å². The Morgan fingerprint density at radius 1 is 1.26 bits per heavy atom. The molecule has 4 heterocycles. The van der Waals surface area contributed by atoms with Crippen LogP contribution in [0.15, 0.2) is 41.5 Å². The largest absolute Gasteiger partial charge is 0.370 e. The summed E-state index contributed by atoms with van der Waals surface area (Å²) in [6, 6.07) is 5.78. The monoisotopic (exact) mass is 490 g/mol. The lowest BCUT2D eigenvalue weighted by Gasteiger charge is -2.33. The van der Waals surface area contributed by atoms with Crippen LogP contribution in [-0.2, 0) is 4.74 Å². The number of nitrogens with zero attached hydrogens (tertiary/aromatic N) is 5. The fraction of sp³-hybridized carbons (Fsp3) is 0.273. The van der Waals surface area contributed by atoms with E-state index in [2.05, 4.69) is 20.1 Å². The molecule has 0 bridgehead atoms. The maximum Gasteiger partial charge on any atom is 0.333 e. The van der Waals surface area contributed by atoms with Crippen molar-refractivity contribution in [2.75, 3.05) is 24.6 Å². The zero-order chi connectivity index (χ0) is 24.0. The predicted octanol–water partition coefficient (Wildman–Crippen LogP) is 4.26. The molecule has 0 saturated carbocycles. The van der Waals surface area contributed by atoms with Crippen LogP contribution in [-0.4, -0.2) is 44.4 Å². The van der Waals surface area contributed by atoms with Crippen LogP contribution < -0.4 is 10.5 Å². The Morgan fingerprint density at radius 3 is 2.82 bits per heavy atom. The van der Waals surface area contributed by atoms with Crippen molar-refractivity contribution in [2.45, 2.75) is 19.6 Å². The van der Waals surface area contributed by atoms with Crippen molar-refractivity contribution >= 4 is 28.3 Å². The quantitative estimate of drug-likeness (QED) is 0.460. The van der Waals surface area contributed by atoms with Gasteiger partial charge in [0.2, 0.25) is 0 Å². The van der Waals surface area contributed by atoms with Crippen molar-refractivity contribution in [1.82, 2.24) is 24.7 Å². The van der Waals surface area contributed by atoms with Gasteiger partial charge in [0, 0.05) is 41.5 Å². The van der Waals surface area contributed by atoms with Gasteiger partial charge in [-0.15, -0.1) is 0 Å². The van der Waals surface area contributed by atoms with Gasteiger partial charge in [0.15, 0.2) is 0 Å². The number of hydrogen-bond acceptors (Lipinski definition) is 6. The van der Waals surface area contributed by atoms with E-state index in [1.165, 1.54) is 24.5 Å². The van der Waals surface area contributed by atoms with Crippen molar-refractivity contribution in [3.8, 4) is 11.3 Å². The van der Waals surface area contributed by atoms with Gasteiger partial charge in [0.1, 0.15) is 23.6 Å². The summed E-state index contributed by atoms with van der Waals surface area (Å²) in [5, 5.41) is 4.04. The van der Waals surface area contributed by atoms with E-state index < -0.39 is 24.0 Å². The molecule has 0 aliphatic carbocycles. The molecule has 8 nitrogen and oxygen atoms in total. The molecular formula is C22H18ClF3N6O2. The smallest absolute Gasteiger partial charge is 0.333 e. The maximum absolute atomic E-state index is 14.8. The highest BCUT2D eigenvalue weighted by Gasteiger charge is 2.27. The molecule has 1 atom stereocenters. The molecule has 0 unspecified atom stereocenters. The standard InChI is InChI=1S/C22H18ClF3N6O2/c1-11-28-16-7-18(31-4-5-34-17(10-31)12-8-27-32(9-12)22(25)26)30-20(19(16)21(33)29-11)14-3-2-13(23)6-15(14)24/h2-3,6-9,17,22H,4-5,10H2,1H3,(H,28,29,33)/t17-/m1/s1. The second kappa shape index (κ2) is 8.73. The lowest BCUT2D eigenvalue weighted by molar-refractivity contribution is 0.0379. The fourth-order valence-corrected chi connectivity index (χ4v) is 4.15. The Hall–Kier alpha value is -3.44. The van der Waals surface area contributed by atoms with E-state index in [4.69, 9.17) is 16.3 Å². The van der Waals surface area contributed by atoms with Crippen molar-refractivity contribution in [1.29, 1.82) is 0 Å². The number of alkyl halides is 2. The van der Waals surface area contributed by atoms with E-state index in [0.717, 1.165) is 6.07 Å². The number of pyridine rings is 1. The van der Waals surface area contributed by atoms with Crippen LogP contribution in [0.1, 0.15) is 24.0 Å². The first-order chi connectivity index (χ1) is 16.3. The molecule has 1 fully saturated rings. The number of halogens is 4. The van der Waals surface area contributed by atoms with E-state index in [0.29, 0.717) is 40.6 Å². The fourth-order valence-electron chi connectivity index (χ4n) is 3.99. The average molecular weight is 491 g/mol. The third kappa shape index (κ3) is 4.12. The van der Waals surface area contributed by atoms with Gasteiger partial charge in [0.05, 0.1) is 29.4 Å². The van der Waals surface area contributed by atoms with Gasteiger partial charge in [-0.3, -0.25) is 4.79 Å². The second-order valence-electron chi connectivity index (χ2n) is 7.84. The Labute approximate surface area is 196 Å². The van der Waals surface area contributed by atoms with Crippen LogP contribution in [0.25, 0.3) is 22.2 Å². The Kier molecular flexibility index (Phi) is 5.74. The second-order valence-corrected chi connectivity index (χ2v) is 8.27. The van der Waals surface area contributed by atoms with E-state index >= 15 is 0 Å². The summed E-state index contributed by atoms with van der Waals surface area (Å²) in [6.07, 6.45) is 2.06. The van der Waals surface area contributed by atoms with Crippen LogP contribution in [0.2, 0.25) is 5.02 Å². The van der Waals surface area contributed by atoms with E-state index in [1.54, 1.807) is 13.0 Å². The Bertz CT molecular complexity index is 1440. The molecule has 176 valence electrons. The van der Waals surface area contributed by atoms with Crippen molar-refractivity contribution in [2.24, 2.45) is 0 Å². The summed E-state index contributed by atoms with van der Waals surface area (Å²) in [5.41, 5.74) is 0.647. The molecule has 34 heavy (non-hydrogen) atoms. The molecule has 1 N–H and O–H groups in total. The van der Waals surface area contributed by atoms with Crippen LogP contribution in [0.4, 0.5) is 19.0 Å². The Balaban J connectivity index is 1.60. The zero-order valence-corrected chi connectivity index (χ0v) is 18.6. The number of ether oxygens (including phenoxy) is 1. The highest BCUT2D eigenvalue weighted by molar-refractivity contribution is 6.30. The molecule has 0 radical (unpaired) electrons. The summed E-state index contributed by atoms with van der Waals surface area (Å²) < 4.78 is 47.0. The predicted molar refractivity (Wildman–Crippen MR) is 120 cm³/mol. The first kappa shape index (κ1) is 22.4. The molecule has 1 aromatic carbocycles. The lowest BCUT2D eigenvalue weighted by Crippen LogP contribution is -2.39. The third-order valence-electron chi connectivity index (χ3n) is 5.56. The SMILES string of the molecule is Cc1nc2cc(N3CCO[C@@H](c4cnn(C(F)F)c4)C3)nc(-c3ccc(Cl)cc3F)c2c(=O)[nH]1.